The molecular formula is C33H35N3O8. The van der Waals surface area contributed by atoms with Gasteiger partial charge >= 0.3 is 6.03 Å². The van der Waals surface area contributed by atoms with Crippen LogP contribution in [0.2, 0.25) is 0 Å². The first-order valence-corrected chi connectivity index (χ1v) is 14.2. The van der Waals surface area contributed by atoms with Crippen molar-refractivity contribution in [3.63, 3.8) is 0 Å². The number of benzene rings is 3. The molecule has 0 unspecified atom stereocenters. The Hall–Kier alpha value is -4.39. The van der Waals surface area contributed by atoms with E-state index in [9.17, 15) is 29.7 Å². The lowest BCUT2D eigenvalue weighted by atomic mass is 9.84. The van der Waals surface area contributed by atoms with Crippen LogP contribution in [-0.2, 0) is 25.7 Å². The second-order valence-electron chi connectivity index (χ2n) is 10.7. The molecule has 0 radical (unpaired) electrons. The molecule has 5 atom stereocenters. The number of rotatable bonds is 9. The fourth-order valence-corrected chi connectivity index (χ4v) is 5.48. The Bertz CT molecular complexity index is 1440. The van der Waals surface area contributed by atoms with E-state index < -0.39 is 61.0 Å². The lowest BCUT2D eigenvalue weighted by Gasteiger charge is -2.44. The van der Waals surface area contributed by atoms with Crippen LogP contribution in [0.5, 0.6) is 0 Å². The number of allylic oxidation sites excluding steroid dienone is 1. The smallest absolute Gasteiger partial charge is 0.333 e. The minimum Gasteiger partial charge on any atom is -0.394 e. The van der Waals surface area contributed by atoms with Gasteiger partial charge in [-0.25, -0.2) is 4.79 Å². The molecule has 0 bridgehead atoms. The predicted molar refractivity (Wildman–Crippen MR) is 159 cm³/mol. The van der Waals surface area contributed by atoms with Gasteiger partial charge in [0.25, 0.3) is 11.8 Å². The molecule has 0 aliphatic carbocycles. The maximum Gasteiger partial charge on any atom is 0.333 e. The zero-order valence-electron chi connectivity index (χ0n) is 24.3. The summed E-state index contributed by atoms with van der Waals surface area (Å²) in [6.07, 6.45) is -5.49. The number of aliphatic hydroxyl groups excluding tert-OH is 3. The third-order valence-electron chi connectivity index (χ3n) is 7.89. The highest BCUT2D eigenvalue weighted by molar-refractivity contribution is 6.29. The summed E-state index contributed by atoms with van der Waals surface area (Å²) in [6, 6.07) is 25.5. The van der Waals surface area contributed by atoms with Crippen molar-refractivity contribution in [1.29, 1.82) is 0 Å². The lowest BCUT2D eigenvalue weighted by Crippen LogP contribution is -2.64. The second kappa shape index (κ2) is 13.5. The lowest BCUT2D eigenvalue weighted by molar-refractivity contribution is -0.273. The minimum atomic E-state index is -1.56. The van der Waals surface area contributed by atoms with Crippen LogP contribution in [0.25, 0.3) is 0 Å². The molecule has 0 aromatic heterocycles. The fraction of sp³-hybridized carbons (Fsp3) is 0.303. The molecule has 0 spiro atoms. The number of nitrogens with zero attached hydrogens (tertiary/aromatic N) is 2. The Balaban J connectivity index is 1.67. The number of urea groups is 1. The Kier molecular flexibility index (Phi) is 9.52. The van der Waals surface area contributed by atoms with E-state index in [1.165, 1.54) is 14.1 Å². The molecule has 2 aliphatic rings. The molecule has 11 nitrogen and oxygen atoms in total. The molecule has 5 rings (SSSR count). The zero-order chi connectivity index (χ0) is 31.4. The highest BCUT2D eigenvalue weighted by atomic mass is 16.7. The fourth-order valence-electron chi connectivity index (χ4n) is 5.48. The van der Waals surface area contributed by atoms with Crippen molar-refractivity contribution in [3.8, 4) is 0 Å². The van der Waals surface area contributed by atoms with E-state index in [-0.39, 0.29) is 17.9 Å². The monoisotopic (exact) mass is 601 g/mol. The summed E-state index contributed by atoms with van der Waals surface area (Å²) >= 11 is 0. The molecule has 230 valence electrons. The number of hydrogen-bond donors (Lipinski definition) is 4. The third kappa shape index (κ3) is 6.14. The van der Waals surface area contributed by atoms with Gasteiger partial charge in [-0.1, -0.05) is 91.0 Å². The number of ether oxygens (including phenoxy) is 2. The highest BCUT2D eigenvalue weighted by Gasteiger charge is 2.48. The minimum absolute atomic E-state index is 0.0647. The molecule has 3 aromatic rings. The number of carbonyl (C=O) groups is 3. The summed E-state index contributed by atoms with van der Waals surface area (Å²) < 4.78 is 12.0. The molecule has 0 saturated carbocycles. The van der Waals surface area contributed by atoms with E-state index in [0.29, 0.717) is 11.1 Å². The van der Waals surface area contributed by atoms with Crippen molar-refractivity contribution in [1.82, 2.24) is 15.1 Å². The van der Waals surface area contributed by atoms with Crippen LogP contribution in [0.4, 0.5) is 4.79 Å². The first kappa shape index (κ1) is 31.0. The van der Waals surface area contributed by atoms with Crippen LogP contribution >= 0.6 is 0 Å². The topological polar surface area (TPSA) is 149 Å². The maximum atomic E-state index is 13.7. The Morgan fingerprint density at radius 3 is 1.82 bits per heavy atom. The normalized spacial score (nSPS) is 24.2. The SMILES string of the molecule is CN1C(=O)C(=C(N[C@@H]2[C@@H](OCc3ccccc3)O[C@H](CO)[C@@H](O)[C@@H]2O)C(c2ccccc2)c2ccccc2)C(=O)N(C)C1=O. The number of amides is 4. The molecule has 2 saturated heterocycles. The van der Waals surface area contributed by atoms with E-state index in [1.807, 2.05) is 91.0 Å². The van der Waals surface area contributed by atoms with Gasteiger partial charge in [0.2, 0.25) is 0 Å². The number of aliphatic hydroxyl groups is 3. The maximum absolute atomic E-state index is 13.7. The number of likely N-dealkylation sites (N-methyl/N-ethyl adjacent to an activating group) is 2. The Morgan fingerprint density at radius 2 is 1.32 bits per heavy atom. The van der Waals surface area contributed by atoms with Crippen LogP contribution in [0, 0.1) is 0 Å². The molecule has 44 heavy (non-hydrogen) atoms. The van der Waals surface area contributed by atoms with Crippen LogP contribution in [0.15, 0.2) is 102 Å². The second-order valence-corrected chi connectivity index (χ2v) is 10.7. The molecule has 11 heteroatoms. The van der Waals surface area contributed by atoms with E-state index in [1.54, 1.807) is 0 Å². The van der Waals surface area contributed by atoms with Crippen molar-refractivity contribution in [2.75, 3.05) is 20.7 Å². The van der Waals surface area contributed by atoms with Crippen LogP contribution < -0.4 is 5.32 Å². The third-order valence-corrected chi connectivity index (χ3v) is 7.89. The molecule has 2 heterocycles. The largest absolute Gasteiger partial charge is 0.394 e. The number of hydrogen-bond acceptors (Lipinski definition) is 9. The van der Waals surface area contributed by atoms with Gasteiger partial charge in [-0.2, -0.15) is 0 Å². The average molecular weight is 602 g/mol. The van der Waals surface area contributed by atoms with E-state index in [2.05, 4.69) is 5.32 Å². The van der Waals surface area contributed by atoms with Gasteiger partial charge in [0, 0.05) is 25.7 Å². The summed E-state index contributed by atoms with van der Waals surface area (Å²) in [5.41, 5.74) is 1.98. The molecule has 3 aromatic carbocycles. The highest BCUT2D eigenvalue weighted by Crippen LogP contribution is 2.36. The van der Waals surface area contributed by atoms with Crippen LogP contribution in [-0.4, -0.2) is 94.3 Å². The quantitative estimate of drug-likeness (QED) is 0.213. The first-order chi connectivity index (χ1) is 21.2. The van der Waals surface area contributed by atoms with Crippen molar-refractivity contribution < 1.29 is 39.2 Å². The first-order valence-electron chi connectivity index (χ1n) is 14.2. The van der Waals surface area contributed by atoms with Gasteiger partial charge in [-0.05, 0) is 16.7 Å². The van der Waals surface area contributed by atoms with Gasteiger partial charge in [0.1, 0.15) is 29.9 Å². The number of barbiturate groups is 1. The van der Waals surface area contributed by atoms with Crippen molar-refractivity contribution in [2.45, 2.75) is 43.2 Å². The number of imide groups is 2. The summed E-state index contributed by atoms with van der Waals surface area (Å²) in [6.45, 7) is -0.523. The van der Waals surface area contributed by atoms with E-state index >= 15 is 0 Å². The van der Waals surface area contributed by atoms with Crippen molar-refractivity contribution in [3.05, 3.63) is 119 Å². The summed E-state index contributed by atoms with van der Waals surface area (Å²) in [4.78, 5) is 41.8. The average Bonchev–Trinajstić information content (AvgIpc) is 3.06. The van der Waals surface area contributed by atoms with Gasteiger partial charge in [0.15, 0.2) is 6.29 Å². The van der Waals surface area contributed by atoms with Crippen molar-refractivity contribution >= 4 is 17.8 Å². The molecule has 2 aliphatic heterocycles. The van der Waals surface area contributed by atoms with Gasteiger partial charge in [-0.3, -0.25) is 19.4 Å². The number of nitrogens with one attached hydrogen (secondary N) is 1. The van der Waals surface area contributed by atoms with Gasteiger partial charge < -0.3 is 30.1 Å². The Morgan fingerprint density at radius 1 is 0.818 bits per heavy atom. The summed E-state index contributed by atoms with van der Waals surface area (Å²) in [5.74, 6) is -2.43. The van der Waals surface area contributed by atoms with E-state index in [4.69, 9.17) is 9.47 Å². The van der Waals surface area contributed by atoms with Crippen LogP contribution in [0.1, 0.15) is 22.6 Å². The van der Waals surface area contributed by atoms with Gasteiger partial charge in [0.05, 0.1) is 13.2 Å². The standard InChI is InChI=1S/C33H35N3O8/c1-35-30(40)25(31(41)36(2)33(35)42)26(24(21-14-8-4-9-15-21)22-16-10-5-11-17-22)34-27-29(39)28(38)23(18-37)44-32(27)43-19-20-12-6-3-7-13-20/h3-17,23-24,27-29,32,34,37-39H,18-19H2,1-2H3/t23-,27+,28-,29-,32+/m1/s1. The molecule has 4 N–H and O–H groups in total. The number of carbonyl (C=O) groups excluding carboxylic acids is 3. The molecule has 4 amide bonds. The van der Waals surface area contributed by atoms with Crippen LogP contribution in [0.3, 0.4) is 0 Å². The van der Waals surface area contributed by atoms with Gasteiger partial charge in [-0.15, -0.1) is 0 Å². The summed E-state index contributed by atoms with van der Waals surface area (Å²) in [7, 11) is 2.57. The molecular weight excluding hydrogens is 566 g/mol. The Labute approximate surface area is 254 Å². The zero-order valence-corrected chi connectivity index (χ0v) is 24.3. The molecule has 2 fully saturated rings. The summed E-state index contributed by atoms with van der Waals surface area (Å²) in [5, 5.41) is 35.4. The predicted octanol–water partition coefficient (Wildman–Crippen LogP) is 1.74. The van der Waals surface area contributed by atoms with Crippen molar-refractivity contribution in [2.24, 2.45) is 0 Å². The van der Waals surface area contributed by atoms with E-state index in [0.717, 1.165) is 15.4 Å².